The van der Waals surface area contributed by atoms with Gasteiger partial charge < -0.3 is 0 Å². The number of benzene rings is 1. The van der Waals surface area contributed by atoms with Crippen molar-refractivity contribution in [2.24, 2.45) is 5.92 Å². The van der Waals surface area contributed by atoms with Crippen LogP contribution in [0.4, 0.5) is 5.13 Å². The highest BCUT2D eigenvalue weighted by Crippen LogP contribution is 2.26. The molecule has 0 spiro atoms. The van der Waals surface area contributed by atoms with E-state index in [0.29, 0.717) is 21.5 Å². The van der Waals surface area contributed by atoms with E-state index in [1.807, 2.05) is 35.7 Å². The Morgan fingerprint density at radius 3 is 2.72 bits per heavy atom. The molecule has 1 fully saturated rings. The zero-order valence-electron chi connectivity index (χ0n) is 16.6. The molecule has 0 saturated carbocycles. The van der Waals surface area contributed by atoms with E-state index in [9.17, 15) is 4.79 Å². The van der Waals surface area contributed by atoms with E-state index in [1.54, 1.807) is 11.6 Å². The number of hydrogen-bond acceptors (Lipinski definition) is 5. The van der Waals surface area contributed by atoms with Crippen molar-refractivity contribution in [1.29, 1.82) is 0 Å². The number of piperidine rings is 1. The van der Waals surface area contributed by atoms with Crippen LogP contribution in [0, 0.1) is 12.8 Å². The van der Waals surface area contributed by atoms with Gasteiger partial charge in [0.25, 0.3) is 5.91 Å². The number of para-hydroxylation sites is 1. The average Bonchev–Trinajstić information content (AvgIpc) is 3.27. The number of nitrogens with one attached hydrogen (secondary N) is 1. The number of anilines is 1. The van der Waals surface area contributed by atoms with Gasteiger partial charge in [-0.1, -0.05) is 36.7 Å². The first kappa shape index (κ1) is 20.1. The second-order valence-corrected chi connectivity index (χ2v) is 8.77. The summed E-state index contributed by atoms with van der Waals surface area (Å²) in [5.41, 5.74) is 2.75. The summed E-state index contributed by atoms with van der Waals surface area (Å²) in [7, 11) is 0. The van der Waals surface area contributed by atoms with Crippen molar-refractivity contribution in [2.45, 2.75) is 33.2 Å². The average molecular weight is 430 g/mol. The van der Waals surface area contributed by atoms with E-state index in [-0.39, 0.29) is 5.91 Å². The predicted octanol–water partition coefficient (Wildman–Crippen LogP) is 4.77. The lowest BCUT2D eigenvalue weighted by Crippen LogP contribution is -2.32. The highest BCUT2D eigenvalue weighted by Gasteiger charge is 2.22. The van der Waals surface area contributed by atoms with Gasteiger partial charge in [0.1, 0.15) is 10.7 Å². The molecule has 6 nitrogen and oxygen atoms in total. The van der Waals surface area contributed by atoms with Crippen LogP contribution in [0.2, 0.25) is 5.15 Å². The molecule has 0 radical (unpaired) electrons. The molecule has 1 aliphatic rings. The number of nitrogens with zero attached hydrogens (tertiary/aromatic N) is 4. The summed E-state index contributed by atoms with van der Waals surface area (Å²) in [4.78, 5) is 19.9. The van der Waals surface area contributed by atoms with Crippen LogP contribution in [-0.4, -0.2) is 38.7 Å². The summed E-state index contributed by atoms with van der Waals surface area (Å²) in [6.45, 7) is 7.12. The van der Waals surface area contributed by atoms with Gasteiger partial charge in [0.15, 0.2) is 5.13 Å². The molecular weight excluding hydrogens is 406 g/mol. The van der Waals surface area contributed by atoms with Crippen LogP contribution in [0.5, 0.6) is 0 Å². The van der Waals surface area contributed by atoms with Gasteiger partial charge in [0, 0.05) is 11.9 Å². The minimum Gasteiger partial charge on any atom is -0.298 e. The highest BCUT2D eigenvalue weighted by atomic mass is 35.5. The number of carbonyl (C=O) groups excluding carboxylic acids is 1. The van der Waals surface area contributed by atoms with Crippen LogP contribution in [0.3, 0.4) is 0 Å². The number of aryl methyl sites for hydroxylation is 1. The molecule has 0 unspecified atom stereocenters. The maximum atomic E-state index is 12.8. The summed E-state index contributed by atoms with van der Waals surface area (Å²) in [6, 6.07) is 9.53. The molecule has 4 rings (SSSR count). The Kier molecular flexibility index (Phi) is 5.99. The third kappa shape index (κ3) is 4.52. The largest absolute Gasteiger partial charge is 0.298 e. The first-order valence-electron chi connectivity index (χ1n) is 9.80. The van der Waals surface area contributed by atoms with Crippen molar-refractivity contribution >= 4 is 34.0 Å². The SMILES string of the molecule is Cc1nn(-c2ccccc2)c(Cl)c1C(=O)Nc1nc(CN2CCC(C)CC2)cs1. The van der Waals surface area contributed by atoms with Crippen molar-refractivity contribution in [3.05, 3.63) is 57.8 Å². The minimum absolute atomic E-state index is 0.289. The quantitative estimate of drug-likeness (QED) is 0.634. The van der Waals surface area contributed by atoms with Gasteiger partial charge in [-0.3, -0.25) is 15.0 Å². The molecular formula is C21H24ClN5OS. The fourth-order valence-corrected chi connectivity index (χ4v) is 4.60. The predicted molar refractivity (Wildman–Crippen MR) is 117 cm³/mol. The van der Waals surface area contributed by atoms with Crippen molar-refractivity contribution < 1.29 is 4.79 Å². The number of likely N-dealkylation sites (tertiary alicyclic amines) is 1. The molecule has 0 bridgehead atoms. The Labute approximate surface area is 179 Å². The number of amides is 1. The van der Waals surface area contributed by atoms with Crippen LogP contribution >= 0.6 is 22.9 Å². The first-order chi connectivity index (χ1) is 14.0. The van der Waals surface area contributed by atoms with E-state index in [0.717, 1.165) is 36.9 Å². The van der Waals surface area contributed by atoms with Gasteiger partial charge >= 0.3 is 0 Å². The molecule has 1 amide bonds. The Bertz CT molecular complexity index is 992. The molecule has 0 atom stereocenters. The fraction of sp³-hybridized carbons (Fsp3) is 0.381. The molecule has 3 heterocycles. The van der Waals surface area contributed by atoms with Crippen molar-refractivity contribution in [1.82, 2.24) is 19.7 Å². The van der Waals surface area contributed by atoms with E-state index in [2.05, 4.69) is 27.2 Å². The lowest BCUT2D eigenvalue weighted by molar-refractivity contribution is 0.102. The summed E-state index contributed by atoms with van der Waals surface area (Å²) >= 11 is 7.92. The number of thiazole rings is 1. The maximum absolute atomic E-state index is 12.8. The first-order valence-corrected chi connectivity index (χ1v) is 11.1. The van der Waals surface area contributed by atoms with Crippen LogP contribution < -0.4 is 5.32 Å². The van der Waals surface area contributed by atoms with Gasteiger partial charge in [-0.15, -0.1) is 11.3 Å². The normalized spacial score (nSPS) is 15.6. The summed E-state index contributed by atoms with van der Waals surface area (Å²) < 4.78 is 1.58. The van der Waals surface area contributed by atoms with Crippen LogP contribution in [0.25, 0.3) is 5.69 Å². The topological polar surface area (TPSA) is 63.1 Å². The molecule has 1 aromatic carbocycles. The summed E-state index contributed by atoms with van der Waals surface area (Å²) in [5, 5.41) is 10.2. The molecule has 29 heavy (non-hydrogen) atoms. The van der Waals surface area contributed by atoms with Gasteiger partial charge in [-0.05, 0) is 50.9 Å². The van der Waals surface area contributed by atoms with Gasteiger partial charge in [-0.2, -0.15) is 5.10 Å². The second kappa shape index (κ2) is 8.65. The molecule has 1 aliphatic heterocycles. The third-order valence-corrected chi connectivity index (χ3v) is 6.42. The molecule has 8 heteroatoms. The van der Waals surface area contributed by atoms with Gasteiger partial charge in [0.2, 0.25) is 0 Å². The lowest BCUT2D eigenvalue weighted by Gasteiger charge is -2.29. The summed E-state index contributed by atoms with van der Waals surface area (Å²) in [5.74, 6) is 0.517. The molecule has 1 saturated heterocycles. The lowest BCUT2D eigenvalue weighted by atomic mass is 9.99. The number of aromatic nitrogens is 3. The smallest absolute Gasteiger partial charge is 0.262 e. The van der Waals surface area contributed by atoms with Gasteiger partial charge in [0.05, 0.1) is 17.1 Å². The van der Waals surface area contributed by atoms with E-state index in [4.69, 9.17) is 11.6 Å². The third-order valence-electron chi connectivity index (χ3n) is 5.27. The molecule has 2 aromatic heterocycles. The van der Waals surface area contributed by atoms with E-state index < -0.39 is 0 Å². The number of carbonyl (C=O) groups is 1. The number of rotatable bonds is 5. The van der Waals surface area contributed by atoms with Crippen molar-refractivity contribution in [3.8, 4) is 5.69 Å². The Balaban J connectivity index is 1.45. The monoisotopic (exact) mass is 429 g/mol. The maximum Gasteiger partial charge on any atom is 0.262 e. The second-order valence-electron chi connectivity index (χ2n) is 7.56. The molecule has 3 aromatic rings. The molecule has 1 N–H and O–H groups in total. The Morgan fingerprint density at radius 1 is 1.28 bits per heavy atom. The zero-order valence-corrected chi connectivity index (χ0v) is 18.1. The zero-order chi connectivity index (χ0) is 20.4. The molecule has 0 aliphatic carbocycles. The Hall–Kier alpha value is -2.22. The summed E-state index contributed by atoms with van der Waals surface area (Å²) in [6.07, 6.45) is 2.47. The van der Waals surface area contributed by atoms with E-state index in [1.165, 1.54) is 24.2 Å². The highest BCUT2D eigenvalue weighted by molar-refractivity contribution is 7.14. The number of halogens is 1. The minimum atomic E-state index is -0.289. The van der Waals surface area contributed by atoms with Crippen LogP contribution in [-0.2, 0) is 6.54 Å². The Morgan fingerprint density at radius 2 is 2.00 bits per heavy atom. The van der Waals surface area contributed by atoms with E-state index >= 15 is 0 Å². The standard InChI is InChI=1S/C21H24ClN5OS/c1-14-8-10-26(11-9-14)12-16-13-29-21(23-16)24-20(28)18-15(2)25-27(19(18)22)17-6-4-3-5-7-17/h3-7,13-14H,8-12H2,1-2H3,(H,23,24,28). The van der Waals surface area contributed by atoms with Crippen LogP contribution in [0.15, 0.2) is 35.7 Å². The number of hydrogen-bond donors (Lipinski definition) is 1. The fourth-order valence-electron chi connectivity index (χ4n) is 3.54. The van der Waals surface area contributed by atoms with Gasteiger partial charge in [-0.25, -0.2) is 9.67 Å². The van der Waals surface area contributed by atoms with Crippen molar-refractivity contribution in [3.63, 3.8) is 0 Å². The van der Waals surface area contributed by atoms with Crippen LogP contribution in [0.1, 0.15) is 41.5 Å². The molecule has 152 valence electrons. The van der Waals surface area contributed by atoms with Crippen molar-refractivity contribution in [2.75, 3.05) is 18.4 Å².